The van der Waals surface area contributed by atoms with Gasteiger partial charge in [0.15, 0.2) is 5.03 Å². The number of sulfonamides is 1. The van der Waals surface area contributed by atoms with Gasteiger partial charge in [-0.05, 0) is 36.2 Å². The lowest BCUT2D eigenvalue weighted by molar-refractivity contribution is -0.144. The van der Waals surface area contributed by atoms with E-state index < -0.39 is 33.2 Å². The van der Waals surface area contributed by atoms with Crippen molar-refractivity contribution in [3.05, 3.63) is 83.0 Å². The maximum Gasteiger partial charge on any atom is 0.289 e. The van der Waals surface area contributed by atoms with E-state index in [1.54, 1.807) is 31.5 Å². The van der Waals surface area contributed by atoms with Crippen molar-refractivity contribution in [1.29, 1.82) is 0 Å². The van der Waals surface area contributed by atoms with E-state index in [4.69, 9.17) is 23.2 Å². The summed E-state index contributed by atoms with van der Waals surface area (Å²) >= 11 is 12.6. The fraction of sp³-hybridized carbons (Fsp3) is 0.267. The van der Waals surface area contributed by atoms with Crippen LogP contribution in [0.2, 0.25) is 10.0 Å². The standard InChI is InChI=1S/C30H27Cl2N7O5S/c1-19(40)27(41)36-7-9-37(10-8-36)45(43,44)26-17-35-29-38(25-12-23(31)11-24(32)13-25)28(42)30(2,39(26)29)14-20-3-5-21(6-4-20)22-15-33-18-34-16-22/h3-6,11-13,15-18H,7-10,14H2,1-2H3/t30-/m1/s1. The van der Waals surface area contributed by atoms with Crippen LogP contribution in [0.15, 0.2) is 72.4 Å². The first-order valence-corrected chi connectivity index (χ1v) is 16.1. The van der Waals surface area contributed by atoms with Crippen LogP contribution in [0.4, 0.5) is 11.6 Å². The summed E-state index contributed by atoms with van der Waals surface area (Å²) < 4.78 is 30.9. The Hall–Kier alpha value is -4.17. The molecule has 0 radical (unpaired) electrons. The number of piperazine rings is 1. The maximum absolute atomic E-state index is 14.4. The molecular formula is C30H27Cl2N7O5S. The van der Waals surface area contributed by atoms with Gasteiger partial charge in [0.1, 0.15) is 11.9 Å². The molecule has 2 aliphatic heterocycles. The van der Waals surface area contributed by atoms with E-state index in [1.165, 1.54) is 44.2 Å². The number of Topliss-reactive ketones (excluding diaryl/α,β-unsaturated/α-hetero) is 1. The maximum atomic E-state index is 14.4. The van der Waals surface area contributed by atoms with Crippen molar-refractivity contribution in [3.8, 4) is 11.1 Å². The van der Waals surface area contributed by atoms with Gasteiger partial charge in [-0.3, -0.25) is 19.0 Å². The number of anilines is 2. The highest BCUT2D eigenvalue weighted by Crippen LogP contribution is 2.45. The molecule has 2 aromatic carbocycles. The number of fused-ring (bicyclic) bond motifs is 1. The number of ketones is 1. The van der Waals surface area contributed by atoms with Crippen LogP contribution in [0.5, 0.6) is 0 Å². The van der Waals surface area contributed by atoms with Crippen LogP contribution in [0.25, 0.3) is 11.1 Å². The van der Waals surface area contributed by atoms with Gasteiger partial charge in [-0.1, -0.05) is 47.5 Å². The highest BCUT2D eigenvalue weighted by molar-refractivity contribution is 7.89. The van der Waals surface area contributed by atoms with Crippen LogP contribution < -0.4 is 4.90 Å². The fourth-order valence-electron chi connectivity index (χ4n) is 5.76. The Morgan fingerprint density at radius 2 is 1.53 bits per heavy atom. The first-order chi connectivity index (χ1) is 21.4. The second kappa shape index (κ2) is 11.6. The summed E-state index contributed by atoms with van der Waals surface area (Å²) in [6, 6.07) is 12.2. The lowest BCUT2D eigenvalue weighted by Gasteiger charge is -2.34. The molecule has 45 heavy (non-hydrogen) atoms. The quantitative estimate of drug-likeness (QED) is 0.272. The molecule has 1 saturated heterocycles. The summed E-state index contributed by atoms with van der Waals surface area (Å²) in [5, 5.41) is 0.417. The van der Waals surface area contributed by atoms with Crippen LogP contribution in [-0.2, 0) is 36.4 Å². The molecule has 2 aromatic heterocycles. The minimum atomic E-state index is -4.20. The second-order valence-corrected chi connectivity index (χ2v) is 13.8. The minimum absolute atomic E-state index is 0.0230. The Balaban J connectivity index is 1.40. The first kappa shape index (κ1) is 30.8. The molecule has 0 unspecified atom stereocenters. The van der Waals surface area contributed by atoms with Gasteiger partial charge in [0.25, 0.3) is 21.8 Å². The van der Waals surface area contributed by atoms with E-state index >= 15 is 0 Å². The van der Waals surface area contributed by atoms with Crippen molar-refractivity contribution in [2.45, 2.75) is 30.8 Å². The number of halogens is 2. The number of amides is 2. The molecule has 2 amide bonds. The van der Waals surface area contributed by atoms with E-state index in [-0.39, 0.29) is 43.6 Å². The number of imidazole rings is 1. The molecule has 0 saturated carbocycles. The Kier molecular flexibility index (Phi) is 7.98. The molecule has 0 aliphatic carbocycles. The monoisotopic (exact) mass is 667 g/mol. The van der Waals surface area contributed by atoms with Crippen molar-refractivity contribution >= 4 is 62.5 Å². The summed E-state index contributed by atoms with van der Waals surface area (Å²) in [6.45, 7) is 2.92. The number of rotatable bonds is 7. The number of nitrogens with zero attached hydrogens (tertiary/aromatic N) is 7. The summed E-state index contributed by atoms with van der Waals surface area (Å²) in [7, 11) is -4.20. The molecule has 15 heteroatoms. The lowest BCUT2D eigenvalue weighted by atomic mass is 9.91. The molecule has 2 aliphatic rings. The Morgan fingerprint density at radius 3 is 2.13 bits per heavy atom. The highest BCUT2D eigenvalue weighted by Gasteiger charge is 2.52. The van der Waals surface area contributed by atoms with E-state index in [0.29, 0.717) is 15.7 Å². The summed E-state index contributed by atoms with van der Waals surface area (Å²) in [5.74, 6) is -1.58. The minimum Gasteiger partial charge on any atom is -0.333 e. The molecule has 6 rings (SSSR count). The third-order valence-corrected chi connectivity index (χ3v) is 10.3. The van der Waals surface area contributed by atoms with Gasteiger partial charge in [-0.25, -0.2) is 28.3 Å². The number of hydrogen-bond acceptors (Lipinski definition) is 8. The van der Waals surface area contributed by atoms with Gasteiger partial charge in [-0.15, -0.1) is 0 Å². The number of hydrogen-bond donors (Lipinski definition) is 0. The lowest BCUT2D eigenvalue weighted by Crippen LogP contribution is -2.52. The molecule has 0 bridgehead atoms. The van der Waals surface area contributed by atoms with Crippen molar-refractivity contribution in [2.75, 3.05) is 31.1 Å². The van der Waals surface area contributed by atoms with Crippen LogP contribution in [0, 0.1) is 0 Å². The summed E-state index contributed by atoms with van der Waals surface area (Å²) in [4.78, 5) is 53.4. The number of aromatic nitrogens is 4. The number of carbonyl (C=O) groups is 3. The Bertz CT molecular complexity index is 1910. The predicted octanol–water partition coefficient (Wildman–Crippen LogP) is 3.71. The highest BCUT2D eigenvalue weighted by atomic mass is 35.5. The van der Waals surface area contributed by atoms with E-state index in [9.17, 15) is 22.8 Å². The molecule has 4 aromatic rings. The molecule has 0 N–H and O–H groups in total. The second-order valence-electron chi connectivity index (χ2n) is 11.0. The molecule has 12 nitrogen and oxygen atoms in total. The van der Waals surface area contributed by atoms with Crippen molar-refractivity contribution < 1.29 is 22.8 Å². The number of benzene rings is 2. The molecule has 1 fully saturated rings. The largest absolute Gasteiger partial charge is 0.333 e. The molecule has 0 spiro atoms. The molecular weight excluding hydrogens is 641 g/mol. The predicted molar refractivity (Wildman–Crippen MR) is 167 cm³/mol. The smallest absolute Gasteiger partial charge is 0.289 e. The van der Waals surface area contributed by atoms with Crippen molar-refractivity contribution in [1.82, 2.24) is 28.7 Å². The van der Waals surface area contributed by atoms with Gasteiger partial charge in [0, 0.05) is 67.5 Å². The third kappa shape index (κ3) is 5.50. The Morgan fingerprint density at radius 1 is 0.911 bits per heavy atom. The zero-order valence-electron chi connectivity index (χ0n) is 24.2. The molecule has 4 heterocycles. The summed E-state index contributed by atoms with van der Waals surface area (Å²) in [6.07, 6.45) is 6.21. The van der Waals surface area contributed by atoms with E-state index in [1.807, 2.05) is 24.3 Å². The Labute approximate surface area is 269 Å². The molecule has 232 valence electrons. The molecule has 1 atom stereocenters. The van der Waals surface area contributed by atoms with E-state index in [0.717, 1.165) is 16.7 Å². The fourth-order valence-corrected chi connectivity index (χ4v) is 7.88. The van der Waals surface area contributed by atoms with Gasteiger partial charge >= 0.3 is 0 Å². The average Bonchev–Trinajstić information content (AvgIpc) is 3.55. The van der Waals surface area contributed by atoms with Crippen LogP contribution >= 0.6 is 23.2 Å². The van der Waals surface area contributed by atoms with Gasteiger partial charge in [0.2, 0.25) is 11.7 Å². The SMILES string of the molecule is CC(=O)C(=O)N1CCN(S(=O)(=O)c2cnc3n2[C@](C)(Cc2ccc(-c4cncnc4)cc2)C(=O)N3c2cc(Cl)cc(Cl)c2)CC1. The van der Waals surface area contributed by atoms with Gasteiger partial charge < -0.3 is 4.90 Å². The topological polar surface area (TPSA) is 139 Å². The first-order valence-electron chi connectivity index (χ1n) is 13.9. The van der Waals surface area contributed by atoms with Crippen LogP contribution in [0.3, 0.4) is 0 Å². The van der Waals surface area contributed by atoms with Crippen molar-refractivity contribution in [3.63, 3.8) is 0 Å². The van der Waals surface area contributed by atoms with Gasteiger partial charge in [-0.2, -0.15) is 4.31 Å². The zero-order valence-corrected chi connectivity index (χ0v) is 26.6. The zero-order chi connectivity index (χ0) is 32.1. The average molecular weight is 669 g/mol. The van der Waals surface area contributed by atoms with Crippen LogP contribution in [-0.4, -0.2) is 80.9 Å². The van der Waals surface area contributed by atoms with Crippen LogP contribution in [0.1, 0.15) is 19.4 Å². The normalized spacial score (nSPS) is 18.7. The van der Waals surface area contributed by atoms with E-state index in [2.05, 4.69) is 15.0 Å². The third-order valence-electron chi connectivity index (χ3n) is 8.00. The summed E-state index contributed by atoms with van der Waals surface area (Å²) in [5.41, 5.74) is 1.40. The van der Waals surface area contributed by atoms with Gasteiger partial charge in [0.05, 0.1) is 11.9 Å². The number of carbonyl (C=O) groups excluding carboxylic acids is 3. The van der Waals surface area contributed by atoms with Crippen molar-refractivity contribution in [2.24, 2.45) is 0 Å².